The highest BCUT2D eigenvalue weighted by atomic mass is 19.4. The predicted molar refractivity (Wildman–Crippen MR) is 125 cm³/mol. The maximum atomic E-state index is 12.2. The molecule has 1 aromatic heterocycles. The third-order valence-electron chi connectivity index (χ3n) is 5.79. The van der Waals surface area contributed by atoms with Crippen molar-refractivity contribution in [3.05, 3.63) is 71.6 Å². The van der Waals surface area contributed by atoms with Crippen LogP contribution in [0.2, 0.25) is 0 Å². The fourth-order valence-electron chi connectivity index (χ4n) is 3.95. The normalized spacial score (nSPS) is 15.3. The number of nitrogens with zero attached hydrogens (tertiary/aromatic N) is 2. The molecule has 0 atom stereocenters. The Morgan fingerprint density at radius 2 is 1.74 bits per heavy atom. The first-order valence-corrected chi connectivity index (χ1v) is 11.1. The SMILES string of the molecule is CC(C)N1CCC([NH-])CC1.O=C(O)c1cc2ccccc2n1Cc1ccc(OC(F)(F)F)cc1. The van der Waals surface area contributed by atoms with Gasteiger partial charge in [0.05, 0.1) is 0 Å². The Kier molecular flexibility index (Phi) is 8.22. The molecule has 0 radical (unpaired) electrons. The zero-order valence-corrected chi connectivity index (χ0v) is 19.2. The lowest BCUT2D eigenvalue weighted by Gasteiger charge is -2.36. The maximum Gasteiger partial charge on any atom is 0.573 e. The van der Waals surface area contributed by atoms with Crippen molar-refractivity contribution >= 4 is 16.9 Å². The molecule has 0 unspecified atom stereocenters. The summed E-state index contributed by atoms with van der Waals surface area (Å²) in [4.78, 5) is 13.9. The van der Waals surface area contributed by atoms with Gasteiger partial charge in [-0.1, -0.05) is 43.2 Å². The second-order valence-electron chi connectivity index (χ2n) is 8.58. The average Bonchev–Trinajstić information content (AvgIpc) is 3.14. The second kappa shape index (κ2) is 10.9. The summed E-state index contributed by atoms with van der Waals surface area (Å²) >= 11 is 0. The molecule has 0 aliphatic carbocycles. The molecule has 184 valence electrons. The average molecular weight is 477 g/mol. The summed E-state index contributed by atoms with van der Waals surface area (Å²) in [6.07, 6.45) is -2.61. The molecule has 1 fully saturated rings. The van der Waals surface area contributed by atoms with E-state index in [0.717, 1.165) is 36.8 Å². The van der Waals surface area contributed by atoms with Crippen LogP contribution in [-0.2, 0) is 6.54 Å². The van der Waals surface area contributed by atoms with Crippen LogP contribution in [0.5, 0.6) is 5.75 Å². The first kappa shape index (κ1) is 25.6. The maximum absolute atomic E-state index is 12.2. The summed E-state index contributed by atoms with van der Waals surface area (Å²) in [7, 11) is 0. The Bertz CT molecular complexity index is 1090. The molecule has 34 heavy (non-hydrogen) atoms. The van der Waals surface area contributed by atoms with Gasteiger partial charge < -0.3 is 25.0 Å². The van der Waals surface area contributed by atoms with E-state index < -0.39 is 12.3 Å². The minimum Gasteiger partial charge on any atom is -0.675 e. The Hall–Kier alpha value is -3.04. The van der Waals surface area contributed by atoms with Crippen molar-refractivity contribution in [2.24, 2.45) is 0 Å². The molecule has 9 heteroatoms. The van der Waals surface area contributed by atoms with E-state index in [-0.39, 0.29) is 24.0 Å². The molecule has 6 nitrogen and oxygen atoms in total. The number of alkyl halides is 3. The number of benzene rings is 2. The van der Waals surface area contributed by atoms with Gasteiger partial charge >= 0.3 is 12.3 Å². The lowest BCUT2D eigenvalue weighted by atomic mass is 10.1. The molecule has 1 aliphatic heterocycles. The number of likely N-dealkylation sites (tertiary alicyclic amines) is 1. The van der Waals surface area contributed by atoms with Crippen LogP contribution in [0, 0.1) is 0 Å². The number of hydrogen-bond acceptors (Lipinski definition) is 3. The largest absolute Gasteiger partial charge is 0.675 e. The number of aromatic carboxylic acids is 1. The number of piperidine rings is 1. The molecule has 0 bridgehead atoms. The Morgan fingerprint density at radius 3 is 2.29 bits per heavy atom. The lowest BCUT2D eigenvalue weighted by Crippen LogP contribution is -2.39. The number of carbonyl (C=O) groups is 1. The fraction of sp³-hybridized carbons (Fsp3) is 0.400. The highest BCUT2D eigenvalue weighted by molar-refractivity contribution is 5.94. The van der Waals surface area contributed by atoms with Crippen molar-refractivity contribution in [1.29, 1.82) is 0 Å². The third kappa shape index (κ3) is 6.98. The summed E-state index contributed by atoms with van der Waals surface area (Å²) < 4.78 is 41.9. The van der Waals surface area contributed by atoms with Crippen LogP contribution < -0.4 is 4.74 Å². The predicted octanol–water partition coefficient (Wildman–Crippen LogP) is 6.20. The van der Waals surface area contributed by atoms with Gasteiger partial charge in [0.15, 0.2) is 0 Å². The van der Waals surface area contributed by atoms with E-state index in [0.29, 0.717) is 11.6 Å². The summed E-state index contributed by atoms with van der Waals surface area (Å²) in [6.45, 7) is 6.94. The minimum absolute atomic E-state index is 0.117. The molecular weight excluding hydrogens is 447 g/mol. The van der Waals surface area contributed by atoms with Crippen LogP contribution in [0.4, 0.5) is 13.2 Å². The second-order valence-corrected chi connectivity index (χ2v) is 8.58. The smallest absolute Gasteiger partial charge is 0.573 e. The van der Waals surface area contributed by atoms with Crippen LogP contribution in [-0.4, -0.2) is 52.1 Å². The van der Waals surface area contributed by atoms with Gasteiger partial charge in [0.2, 0.25) is 0 Å². The van der Waals surface area contributed by atoms with Gasteiger partial charge in [-0.05, 0) is 56.8 Å². The van der Waals surface area contributed by atoms with Gasteiger partial charge in [0.1, 0.15) is 11.4 Å². The highest BCUT2D eigenvalue weighted by Gasteiger charge is 2.31. The molecular formula is C25H29F3N3O3-. The number of nitrogens with one attached hydrogen (secondary N) is 1. The number of fused-ring (bicyclic) bond motifs is 1. The standard InChI is InChI=1S/C17H12F3NO3.C8H17N2/c18-17(19,20)24-13-7-5-11(6-8-13)10-21-14-4-2-1-3-12(14)9-15(21)16(22)23;1-7(2)10-5-3-8(9)4-6-10/h1-9H,10H2,(H,22,23);7-9H,3-6H2,1-2H3/q;-1. The zero-order valence-electron chi connectivity index (χ0n) is 19.2. The number of hydrogen-bond donors (Lipinski definition) is 1. The molecule has 3 aromatic rings. The summed E-state index contributed by atoms with van der Waals surface area (Å²) in [5.74, 6) is -1.38. The van der Waals surface area contributed by atoms with Crippen molar-refractivity contribution in [1.82, 2.24) is 9.47 Å². The highest BCUT2D eigenvalue weighted by Crippen LogP contribution is 2.25. The van der Waals surface area contributed by atoms with E-state index >= 15 is 0 Å². The summed E-state index contributed by atoms with van der Waals surface area (Å²) in [6, 6.07) is 15.0. The molecule has 1 saturated heterocycles. The van der Waals surface area contributed by atoms with E-state index in [1.54, 1.807) is 28.8 Å². The number of carboxylic acids is 1. The van der Waals surface area contributed by atoms with Gasteiger partial charge in [-0.3, -0.25) is 0 Å². The van der Waals surface area contributed by atoms with Crippen molar-refractivity contribution in [2.45, 2.75) is 51.7 Å². The van der Waals surface area contributed by atoms with Crippen LogP contribution in [0.25, 0.3) is 16.6 Å². The van der Waals surface area contributed by atoms with E-state index in [9.17, 15) is 23.1 Å². The Morgan fingerprint density at radius 1 is 1.12 bits per heavy atom. The van der Waals surface area contributed by atoms with Crippen LogP contribution in [0.3, 0.4) is 0 Å². The van der Waals surface area contributed by atoms with Crippen LogP contribution in [0.1, 0.15) is 42.7 Å². The minimum atomic E-state index is -4.74. The van der Waals surface area contributed by atoms with Crippen molar-refractivity contribution < 1.29 is 27.8 Å². The first-order valence-electron chi connectivity index (χ1n) is 11.1. The number of halogens is 3. The number of carboxylic acid groups (broad SMARTS) is 1. The molecule has 2 aromatic carbocycles. The molecule has 0 amide bonds. The number of aromatic nitrogens is 1. The number of ether oxygens (including phenoxy) is 1. The first-order chi connectivity index (χ1) is 16.0. The number of rotatable bonds is 5. The third-order valence-corrected chi connectivity index (χ3v) is 5.79. The molecule has 4 rings (SSSR count). The number of para-hydroxylation sites is 1. The van der Waals surface area contributed by atoms with Gasteiger partial charge in [0.25, 0.3) is 0 Å². The van der Waals surface area contributed by atoms with Crippen LogP contribution >= 0.6 is 0 Å². The Labute approximate surface area is 196 Å². The van der Waals surface area contributed by atoms with E-state index in [4.69, 9.17) is 5.73 Å². The van der Waals surface area contributed by atoms with Gasteiger partial charge in [-0.25, -0.2) is 4.79 Å². The quantitative estimate of drug-likeness (QED) is 0.476. The molecule has 0 saturated carbocycles. The van der Waals surface area contributed by atoms with Gasteiger partial charge in [-0.2, -0.15) is 0 Å². The molecule has 2 heterocycles. The van der Waals surface area contributed by atoms with Gasteiger partial charge in [-0.15, -0.1) is 19.2 Å². The molecule has 1 aliphatic rings. The summed E-state index contributed by atoms with van der Waals surface area (Å²) in [5, 5.41) is 10.1. The summed E-state index contributed by atoms with van der Waals surface area (Å²) in [5.41, 5.74) is 9.00. The van der Waals surface area contributed by atoms with Crippen LogP contribution in [0.15, 0.2) is 54.6 Å². The van der Waals surface area contributed by atoms with Crippen molar-refractivity contribution in [3.8, 4) is 5.75 Å². The molecule has 2 N–H and O–H groups in total. The lowest BCUT2D eigenvalue weighted by molar-refractivity contribution is -0.274. The molecule has 0 spiro atoms. The van der Waals surface area contributed by atoms with Gasteiger partial charge in [0, 0.05) is 23.5 Å². The fourth-order valence-corrected chi connectivity index (χ4v) is 3.95. The topological polar surface area (TPSA) is 78.5 Å². The monoisotopic (exact) mass is 476 g/mol. The van der Waals surface area contributed by atoms with E-state index in [1.807, 2.05) is 6.07 Å². The zero-order chi connectivity index (χ0) is 24.9. The van der Waals surface area contributed by atoms with Crippen molar-refractivity contribution in [3.63, 3.8) is 0 Å². The van der Waals surface area contributed by atoms with Crippen molar-refractivity contribution in [2.75, 3.05) is 13.1 Å². The Balaban J connectivity index is 0.000000271. The van der Waals surface area contributed by atoms with E-state index in [2.05, 4.69) is 23.5 Å². The van der Waals surface area contributed by atoms with E-state index in [1.165, 1.54) is 24.3 Å².